The number of anilines is 3. The third kappa shape index (κ3) is 6.36. The number of urea groups is 2. The van der Waals surface area contributed by atoms with Gasteiger partial charge in [-0.3, -0.25) is 15.0 Å². The van der Waals surface area contributed by atoms with E-state index >= 15 is 0 Å². The standard InChI is InChI=1S/C26H27ClN4O3/c1-4-15-31(23-16-17(2)9-10-18(23)3)26(34)29-20-13-11-19(12-14-20)28-25(33)30-24(32)21-7-5-6-8-22(21)27/h5-14,16H,4,15H2,1-3H3,(H,29,34)(H2,28,30,32,33). The van der Waals surface area contributed by atoms with Gasteiger partial charge in [-0.25, -0.2) is 9.59 Å². The van der Waals surface area contributed by atoms with Crippen LogP contribution in [0.25, 0.3) is 0 Å². The van der Waals surface area contributed by atoms with E-state index in [-0.39, 0.29) is 16.6 Å². The first-order valence-corrected chi connectivity index (χ1v) is 11.3. The van der Waals surface area contributed by atoms with Gasteiger partial charge in [0.1, 0.15) is 0 Å². The number of hydrogen-bond donors (Lipinski definition) is 3. The lowest BCUT2D eigenvalue weighted by Crippen LogP contribution is -2.36. The summed E-state index contributed by atoms with van der Waals surface area (Å²) in [7, 11) is 0. The summed E-state index contributed by atoms with van der Waals surface area (Å²) in [5.74, 6) is -0.602. The molecule has 3 aromatic rings. The Morgan fingerprint density at radius 2 is 1.53 bits per heavy atom. The Morgan fingerprint density at radius 1 is 0.882 bits per heavy atom. The van der Waals surface area contributed by atoms with Crippen LogP contribution in [0.1, 0.15) is 34.8 Å². The van der Waals surface area contributed by atoms with Crippen molar-refractivity contribution in [3.63, 3.8) is 0 Å². The molecule has 0 saturated carbocycles. The molecule has 0 saturated heterocycles. The molecule has 0 unspecified atom stereocenters. The number of aryl methyl sites for hydroxylation is 2. The van der Waals surface area contributed by atoms with E-state index in [2.05, 4.69) is 16.0 Å². The van der Waals surface area contributed by atoms with Crippen LogP contribution in [0.4, 0.5) is 26.7 Å². The molecule has 0 aliphatic rings. The number of nitrogens with one attached hydrogen (secondary N) is 3. The van der Waals surface area contributed by atoms with Gasteiger partial charge in [-0.15, -0.1) is 0 Å². The second-order valence-electron chi connectivity index (χ2n) is 7.84. The number of nitrogens with zero attached hydrogens (tertiary/aromatic N) is 1. The van der Waals surface area contributed by atoms with Gasteiger partial charge in [0.2, 0.25) is 0 Å². The van der Waals surface area contributed by atoms with Crippen LogP contribution in [-0.4, -0.2) is 24.5 Å². The van der Waals surface area contributed by atoms with Crippen LogP contribution in [0.3, 0.4) is 0 Å². The molecular weight excluding hydrogens is 452 g/mol. The molecule has 0 aliphatic carbocycles. The van der Waals surface area contributed by atoms with Gasteiger partial charge in [0.15, 0.2) is 0 Å². The zero-order chi connectivity index (χ0) is 24.7. The highest BCUT2D eigenvalue weighted by molar-refractivity contribution is 6.34. The van der Waals surface area contributed by atoms with Crippen molar-refractivity contribution in [1.82, 2.24) is 5.32 Å². The Balaban J connectivity index is 1.62. The zero-order valence-electron chi connectivity index (χ0n) is 19.3. The second-order valence-corrected chi connectivity index (χ2v) is 8.24. The summed E-state index contributed by atoms with van der Waals surface area (Å²) in [6, 6.07) is 18.2. The molecule has 0 fully saturated rings. The predicted molar refractivity (Wildman–Crippen MR) is 137 cm³/mol. The maximum atomic E-state index is 13.0. The molecule has 7 nitrogen and oxygen atoms in total. The maximum Gasteiger partial charge on any atom is 0.326 e. The van der Waals surface area contributed by atoms with Gasteiger partial charge in [-0.2, -0.15) is 0 Å². The highest BCUT2D eigenvalue weighted by atomic mass is 35.5. The van der Waals surface area contributed by atoms with Crippen molar-refractivity contribution < 1.29 is 14.4 Å². The van der Waals surface area contributed by atoms with Gasteiger partial charge in [-0.1, -0.05) is 42.8 Å². The first kappa shape index (κ1) is 24.8. The van der Waals surface area contributed by atoms with Gasteiger partial charge < -0.3 is 10.6 Å². The topological polar surface area (TPSA) is 90.5 Å². The molecule has 3 rings (SSSR count). The minimum atomic E-state index is -0.689. The van der Waals surface area contributed by atoms with Crippen LogP contribution in [0.15, 0.2) is 66.7 Å². The third-order valence-electron chi connectivity index (χ3n) is 5.09. The normalized spacial score (nSPS) is 10.4. The highest BCUT2D eigenvalue weighted by Gasteiger charge is 2.18. The van der Waals surface area contributed by atoms with Crippen LogP contribution >= 0.6 is 11.6 Å². The van der Waals surface area contributed by atoms with E-state index in [1.165, 1.54) is 6.07 Å². The Kier molecular flexibility index (Phi) is 8.27. The van der Waals surface area contributed by atoms with Gasteiger partial charge in [0.05, 0.1) is 10.6 Å². The minimum absolute atomic E-state index is 0.206. The number of rotatable bonds is 6. The SMILES string of the molecule is CCCN(C(=O)Nc1ccc(NC(=O)NC(=O)c2ccccc2Cl)cc1)c1cc(C)ccc1C. The molecule has 176 valence electrons. The van der Waals surface area contributed by atoms with E-state index in [0.717, 1.165) is 23.2 Å². The van der Waals surface area contributed by atoms with Crippen LogP contribution in [0.5, 0.6) is 0 Å². The van der Waals surface area contributed by atoms with Crippen molar-refractivity contribution >= 4 is 46.6 Å². The molecule has 0 aromatic heterocycles. The summed E-state index contributed by atoms with van der Waals surface area (Å²) in [5.41, 5.74) is 4.22. The first-order valence-electron chi connectivity index (χ1n) is 10.9. The predicted octanol–water partition coefficient (Wildman–Crippen LogP) is 6.37. The number of carbonyl (C=O) groups excluding carboxylic acids is 3. The van der Waals surface area contributed by atoms with E-state index in [9.17, 15) is 14.4 Å². The summed E-state index contributed by atoms with van der Waals surface area (Å²) < 4.78 is 0. The molecule has 3 aromatic carbocycles. The van der Waals surface area contributed by atoms with Crippen molar-refractivity contribution in [2.75, 3.05) is 22.1 Å². The number of benzene rings is 3. The summed E-state index contributed by atoms with van der Waals surface area (Å²) in [4.78, 5) is 39.1. The van der Waals surface area contributed by atoms with E-state index in [4.69, 9.17) is 11.6 Å². The van der Waals surface area contributed by atoms with Crippen LogP contribution in [0, 0.1) is 13.8 Å². The number of amides is 5. The average molecular weight is 479 g/mol. The Labute approximate surface area is 204 Å². The van der Waals surface area contributed by atoms with E-state index in [1.807, 2.05) is 39.0 Å². The fourth-order valence-electron chi connectivity index (χ4n) is 3.37. The summed E-state index contributed by atoms with van der Waals surface area (Å²) in [6.45, 7) is 6.57. The van der Waals surface area contributed by atoms with E-state index < -0.39 is 11.9 Å². The van der Waals surface area contributed by atoms with Gasteiger partial charge in [-0.05, 0) is 73.9 Å². The van der Waals surface area contributed by atoms with Gasteiger partial charge in [0.25, 0.3) is 5.91 Å². The van der Waals surface area contributed by atoms with Crippen molar-refractivity contribution in [2.24, 2.45) is 0 Å². The quantitative estimate of drug-likeness (QED) is 0.384. The van der Waals surface area contributed by atoms with E-state index in [0.29, 0.717) is 17.9 Å². The highest BCUT2D eigenvalue weighted by Crippen LogP contribution is 2.23. The molecule has 34 heavy (non-hydrogen) atoms. The molecule has 5 amide bonds. The van der Waals surface area contributed by atoms with E-state index in [1.54, 1.807) is 47.4 Å². The minimum Gasteiger partial charge on any atom is -0.308 e. The number of hydrogen-bond acceptors (Lipinski definition) is 3. The fraction of sp³-hybridized carbons (Fsp3) is 0.192. The van der Waals surface area contributed by atoms with Crippen LogP contribution < -0.4 is 20.9 Å². The van der Waals surface area contributed by atoms with Crippen molar-refractivity contribution in [3.05, 3.63) is 88.4 Å². The van der Waals surface area contributed by atoms with Crippen LogP contribution in [-0.2, 0) is 0 Å². The second kappa shape index (κ2) is 11.3. The summed E-state index contributed by atoms with van der Waals surface area (Å²) in [5, 5.41) is 7.99. The lowest BCUT2D eigenvalue weighted by atomic mass is 10.1. The molecule has 3 N–H and O–H groups in total. The molecular formula is C26H27ClN4O3. The molecule has 0 radical (unpaired) electrons. The monoisotopic (exact) mass is 478 g/mol. The maximum absolute atomic E-state index is 13.0. The van der Waals surface area contributed by atoms with Crippen LogP contribution in [0.2, 0.25) is 5.02 Å². The number of halogens is 1. The third-order valence-corrected chi connectivity index (χ3v) is 5.42. The smallest absolute Gasteiger partial charge is 0.308 e. The lowest BCUT2D eigenvalue weighted by molar-refractivity contribution is 0.0967. The van der Waals surface area contributed by atoms with Crippen molar-refractivity contribution in [1.29, 1.82) is 0 Å². The molecule has 0 atom stereocenters. The Morgan fingerprint density at radius 3 is 2.18 bits per heavy atom. The fourth-order valence-corrected chi connectivity index (χ4v) is 3.59. The summed E-state index contributed by atoms with van der Waals surface area (Å²) >= 11 is 5.99. The van der Waals surface area contributed by atoms with Crippen molar-refractivity contribution in [2.45, 2.75) is 27.2 Å². The number of carbonyl (C=O) groups is 3. The van der Waals surface area contributed by atoms with Crippen molar-refractivity contribution in [3.8, 4) is 0 Å². The van der Waals surface area contributed by atoms with Gasteiger partial charge in [0, 0.05) is 23.6 Å². The lowest BCUT2D eigenvalue weighted by Gasteiger charge is -2.25. The molecule has 0 bridgehead atoms. The van der Waals surface area contributed by atoms with Gasteiger partial charge >= 0.3 is 12.1 Å². The first-order chi connectivity index (χ1) is 16.3. The Bertz CT molecular complexity index is 1190. The zero-order valence-corrected chi connectivity index (χ0v) is 20.1. The molecule has 0 heterocycles. The number of imide groups is 1. The molecule has 0 spiro atoms. The summed E-state index contributed by atoms with van der Waals surface area (Å²) in [6.07, 6.45) is 0.811. The average Bonchev–Trinajstić information content (AvgIpc) is 2.80. The molecule has 8 heteroatoms. The largest absolute Gasteiger partial charge is 0.326 e. The molecule has 0 aliphatic heterocycles. The Hall–Kier alpha value is -3.84.